The quantitative estimate of drug-likeness (QED) is 0.808. The van der Waals surface area contributed by atoms with Crippen LogP contribution in [0.15, 0.2) is 27.6 Å². The third-order valence-electron chi connectivity index (χ3n) is 4.73. The van der Waals surface area contributed by atoms with Crippen molar-refractivity contribution in [2.45, 2.75) is 43.0 Å². The summed E-state index contributed by atoms with van der Waals surface area (Å²) in [6.45, 7) is 1.69. The van der Waals surface area contributed by atoms with Crippen LogP contribution in [0.25, 0.3) is 0 Å². The number of sulfonamides is 1. The van der Waals surface area contributed by atoms with Crippen LogP contribution in [0.2, 0.25) is 5.02 Å². The van der Waals surface area contributed by atoms with Crippen LogP contribution >= 0.6 is 11.6 Å². The first-order valence-corrected chi connectivity index (χ1v) is 10.3. The molecule has 1 saturated carbocycles. The summed E-state index contributed by atoms with van der Waals surface area (Å²) in [6.07, 6.45) is 3.17. The van der Waals surface area contributed by atoms with Crippen LogP contribution in [0.4, 0.5) is 0 Å². The van der Waals surface area contributed by atoms with Gasteiger partial charge in [-0.25, -0.2) is 12.7 Å². The molecule has 27 heavy (non-hydrogen) atoms. The highest BCUT2D eigenvalue weighted by atomic mass is 35.5. The largest absolute Gasteiger partial charge is 0.340 e. The SMILES string of the molecule is Cc1nc(C2(NC(=O)c3cc(S(=O)(=O)N(C)C)ccc3Cl)CCCC2)no1. The van der Waals surface area contributed by atoms with E-state index in [1.54, 1.807) is 6.92 Å². The lowest BCUT2D eigenvalue weighted by atomic mass is 9.96. The monoisotopic (exact) mass is 412 g/mol. The Morgan fingerprint density at radius 2 is 1.96 bits per heavy atom. The van der Waals surface area contributed by atoms with Crippen LogP contribution in [0.1, 0.15) is 47.8 Å². The van der Waals surface area contributed by atoms with Gasteiger partial charge in [0.1, 0.15) is 5.54 Å². The van der Waals surface area contributed by atoms with Gasteiger partial charge in [-0.05, 0) is 31.0 Å². The maximum absolute atomic E-state index is 13.0. The molecular formula is C17H21ClN4O4S. The second kappa shape index (κ2) is 7.21. The van der Waals surface area contributed by atoms with Crippen molar-refractivity contribution >= 4 is 27.5 Å². The predicted molar refractivity (Wildman–Crippen MR) is 99.0 cm³/mol. The van der Waals surface area contributed by atoms with Crippen molar-refractivity contribution in [1.29, 1.82) is 0 Å². The third-order valence-corrected chi connectivity index (χ3v) is 6.87. The Balaban J connectivity index is 1.96. The van der Waals surface area contributed by atoms with Crippen molar-refractivity contribution in [3.63, 3.8) is 0 Å². The minimum atomic E-state index is -3.69. The molecule has 0 spiro atoms. The van der Waals surface area contributed by atoms with Crippen LogP contribution in [-0.2, 0) is 15.6 Å². The molecule has 0 radical (unpaired) electrons. The van der Waals surface area contributed by atoms with Crippen LogP contribution in [-0.4, -0.2) is 42.9 Å². The number of halogens is 1. The molecule has 0 atom stereocenters. The van der Waals surface area contributed by atoms with E-state index in [-0.39, 0.29) is 15.5 Å². The average molecular weight is 413 g/mol. The summed E-state index contributed by atoms with van der Waals surface area (Å²) in [4.78, 5) is 17.2. The molecular weight excluding hydrogens is 392 g/mol. The van der Waals surface area contributed by atoms with E-state index in [4.69, 9.17) is 16.1 Å². The Morgan fingerprint density at radius 1 is 1.30 bits per heavy atom. The molecule has 1 aromatic heterocycles. The molecule has 1 aliphatic carbocycles. The van der Waals surface area contributed by atoms with Crippen molar-refractivity contribution in [3.05, 3.63) is 40.5 Å². The standard InChI is InChI=1S/C17H21ClN4O4S/c1-11-19-16(21-26-11)17(8-4-5-9-17)20-15(23)13-10-12(6-7-14(13)18)27(24,25)22(2)3/h6-7,10H,4-5,8-9H2,1-3H3,(H,20,23). The fraction of sp³-hybridized carbons (Fsp3) is 0.471. The maximum Gasteiger partial charge on any atom is 0.253 e. The van der Waals surface area contributed by atoms with Crippen LogP contribution in [0.3, 0.4) is 0 Å². The summed E-state index contributed by atoms with van der Waals surface area (Å²) >= 11 is 6.18. The Bertz CT molecular complexity index is 965. The maximum atomic E-state index is 13.0. The van der Waals surface area contributed by atoms with E-state index in [9.17, 15) is 13.2 Å². The zero-order valence-electron chi connectivity index (χ0n) is 15.3. The normalized spacial score (nSPS) is 16.6. The average Bonchev–Trinajstić information content (AvgIpc) is 3.24. The lowest BCUT2D eigenvalue weighted by Gasteiger charge is -2.27. The Labute approximate surface area is 162 Å². The lowest BCUT2D eigenvalue weighted by Crippen LogP contribution is -2.44. The zero-order chi connectivity index (χ0) is 19.8. The molecule has 1 heterocycles. The van der Waals surface area contributed by atoms with Gasteiger partial charge in [-0.3, -0.25) is 4.79 Å². The summed E-state index contributed by atoms with van der Waals surface area (Å²) in [5.41, 5.74) is -0.653. The van der Waals surface area contributed by atoms with E-state index >= 15 is 0 Å². The number of hydrogen-bond acceptors (Lipinski definition) is 6. The molecule has 146 valence electrons. The Morgan fingerprint density at radius 3 is 2.52 bits per heavy atom. The molecule has 1 aromatic carbocycles. The molecule has 8 nitrogen and oxygen atoms in total. The van der Waals surface area contributed by atoms with E-state index in [1.807, 2.05) is 0 Å². The number of hydrogen-bond donors (Lipinski definition) is 1. The van der Waals surface area contributed by atoms with Gasteiger partial charge in [-0.15, -0.1) is 0 Å². The second-order valence-corrected chi connectivity index (χ2v) is 9.37. The highest BCUT2D eigenvalue weighted by Crippen LogP contribution is 2.38. The number of nitrogens with zero attached hydrogens (tertiary/aromatic N) is 3. The first-order valence-electron chi connectivity index (χ1n) is 8.51. The molecule has 1 N–H and O–H groups in total. The van der Waals surface area contributed by atoms with Crippen molar-refractivity contribution < 1.29 is 17.7 Å². The van der Waals surface area contributed by atoms with Gasteiger partial charge >= 0.3 is 0 Å². The molecule has 1 amide bonds. The summed E-state index contributed by atoms with van der Waals surface area (Å²) in [5, 5.41) is 7.12. The molecule has 0 bridgehead atoms. The topological polar surface area (TPSA) is 105 Å². The summed E-state index contributed by atoms with van der Waals surface area (Å²) < 4.78 is 30.9. The van der Waals surface area contributed by atoms with E-state index in [0.29, 0.717) is 24.6 Å². The van der Waals surface area contributed by atoms with Gasteiger partial charge in [-0.2, -0.15) is 4.98 Å². The molecule has 0 saturated heterocycles. The Kier molecular flexibility index (Phi) is 5.29. The van der Waals surface area contributed by atoms with Crippen molar-refractivity contribution in [2.24, 2.45) is 0 Å². The number of aromatic nitrogens is 2. The lowest BCUT2D eigenvalue weighted by molar-refractivity contribution is 0.0892. The third kappa shape index (κ3) is 3.71. The molecule has 2 aromatic rings. The number of carbonyl (C=O) groups is 1. The number of amides is 1. The fourth-order valence-corrected chi connectivity index (χ4v) is 4.34. The number of aryl methyl sites for hydroxylation is 1. The first-order chi connectivity index (χ1) is 12.7. The molecule has 3 rings (SSSR count). The van der Waals surface area contributed by atoms with E-state index < -0.39 is 21.5 Å². The highest BCUT2D eigenvalue weighted by Gasteiger charge is 2.41. The molecule has 0 unspecified atom stereocenters. The summed E-state index contributed by atoms with van der Waals surface area (Å²) in [6, 6.07) is 4.08. The van der Waals surface area contributed by atoms with Gasteiger partial charge < -0.3 is 9.84 Å². The summed E-state index contributed by atoms with van der Waals surface area (Å²) in [7, 11) is -0.833. The smallest absolute Gasteiger partial charge is 0.253 e. The van der Waals surface area contributed by atoms with E-state index in [2.05, 4.69) is 15.5 Å². The van der Waals surface area contributed by atoms with Crippen molar-refractivity contribution in [3.8, 4) is 0 Å². The number of nitrogens with one attached hydrogen (secondary N) is 1. The highest BCUT2D eigenvalue weighted by molar-refractivity contribution is 7.89. The fourth-order valence-electron chi connectivity index (χ4n) is 3.21. The number of benzene rings is 1. The van der Waals surface area contributed by atoms with Gasteiger partial charge in [0, 0.05) is 21.0 Å². The van der Waals surface area contributed by atoms with Crippen LogP contribution < -0.4 is 5.32 Å². The van der Waals surface area contributed by atoms with Gasteiger partial charge in [0.25, 0.3) is 5.91 Å². The van der Waals surface area contributed by atoms with Crippen LogP contribution in [0, 0.1) is 6.92 Å². The minimum absolute atomic E-state index is 0.00192. The first kappa shape index (κ1) is 19.8. The van der Waals surface area contributed by atoms with Crippen molar-refractivity contribution in [2.75, 3.05) is 14.1 Å². The molecule has 1 aliphatic rings. The van der Waals surface area contributed by atoms with Gasteiger partial charge in [-0.1, -0.05) is 29.6 Å². The summed E-state index contributed by atoms with van der Waals surface area (Å²) in [5.74, 6) is 0.377. The molecule has 10 heteroatoms. The van der Waals surface area contributed by atoms with Gasteiger partial charge in [0.2, 0.25) is 15.9 Å². The van der Waals surface area contributed by atoms with Crippen molar-refractivity contribution in [1.82, 2.24) is 19.8 Å². The zero-order valence-corrected chi connectivity index (χ0v) is 16.9. The van der Waals surface area contributed by atoms with E-state index in [1.165, 1.54) is 32.3 Å². The number of rotatable bonds is 5. The Hall–Kier alpha value is -1.97. The minimum Gasteiger partial charge on any atom is -0.340 e. The van der Waals surface area contributed by atoms with E-state index in [0.717, 1.165) is 17.1 Å². The van der Waals surface area contributed by atoms with Gasteiger partial charge in [0.05, 0.1) is 15.5 Å². The van der Waals surface area contributed by atoms with Gasteiger partial charge in [0.15, 0.2) is 5.82 Å². The molecule has 1 fully saturated rings. The second-order valence-electron chi connectivity index (χ2n) is 6.81. The predicted octanol–water partition coefficient (Wildman–Crippen LogP) is 2.48. The molecule has 0 aliphatic heterocycles. The number of carbonyl (C=O) groups excluding carboxylic acids is 1. The van der Waals surface area contributed by atoms with Crippen LogP contribution in [0.5, 0.6) is 0 Å².